The van der Waals surface area contributed by atoms with Gasteiger partial charge in [-0.05, 0) is 32.9 Å². The zero-order chi connectivity index (χ0) is 10.4. The molecule has 0 amide bonds. The molecule has 2 N–H and O–H groups in total. The lowest BCUT2D eigenvalue weighted by molar-refractivity contribution is 0.626. The fourth-order valence-corrected chi connectivity index (χ4v) is 1.46. The summed E-state index contributed by atoms with van der Waals surface area (Å²) in [4.78, 5) is 0. The second kappa shape index (κ2) is 5.60. The Bertz CT molecular complexity index is 299. The van der Waals surface area contributed by atoms with Crippen LogP contribution in [0.2, 0.25) is 0 Å². The second-order valence-corrected chi connectivity index (χ2v) is 3.35. The van der Waals surface area contributed by atoms with E-state index in [2.05, 4.69) is 30.2 Å². The lowest BCUT2D eigenvalue weighted by atomic mass is 10.2. The fraction of sp³-hybridized carbons (Fsp3) is 0.545. The molecule has 0 aliphatic rings. The van der Waals surface area contributed by atoms with Crippen molar-refractivity contribution in [2.45, 2.75) is 33.2 Å². The Balaban J connectivity index is 2.57. The number of allylic oxidation sites excluding steroid dienone is 1. The molecule has 0 atom stereocenters. The maximum absolute atomic E-state index is 5.40. The second-order valence-electron chi connectivity index (χ2n) is 3.35. The van der Waals surface area contributed by atoms with Gasteiger partial charge in [0.15, 0.2) is 0 Å². The summed E-state index contributed by atoms with van der Waals surface area (Å²) in [6.45, 7) is 5.80. The molecule has 78 valence electrons. The number of nitrogens with two attached hydrogens (primary N) is 1. The number of aryl methyl sites for hydroxylation is 2. The molecule has 1 rings (SSSR count). The maximum atomic E-state index is 5.40. The number of hydrogen-bond acceptors (Lipinski definition) is 2. The molecular weight excluding hydrogens is 174 g/mol. The Hall–Kier alpha value is -1.09. The first-order valence-electron chi connectivity index (χ1n) is 5.16. The average Bonchev–Trinajstić information content (AvgIpc) is 2.54. The first kappa shape index (κ1) is 11.0. The van der Waals surface area contributed by atoms with Crippen molar-refractivity contribution in [1.29, 1.82) is 0 Å². The summed E-state index contributed by atoms with van der Waals surface area (Å²) in [6.07, 6.45) is 6.20. The van der Waals surface area contributed by atoms with Crippen molar-refractivity contribution in [3.05, 3.63) is 29.6 Å². The Kier molecular flexibility index (Phi) is 4.40. The highest BCUT2D eigenvalue weighted by atomic mass is 15.3. The van der Waals surface area contributed by atoms with Crippen LogP contribution in [0.15, 0.2) is 18.2 Å². The predicted octanol–water partition coefficient (Wildman–Crippen LogP) is 1.66. The standard InChI is InChI=1S/C11H19N3/c1-3-14-11(9-10(2)13-14)7-5-4-6-8-12/h4-5,9H,3,6-8,12H2,1-2H3. The highest BCUT2D eigenvalue weighted by Crippen LogP contribution is 2.05. The van der Waals surface area contributed by atoms with E-state index in [9.17, 15) is 0 Å². The molecule has 1 aromatic rings. The third kappa shape index (κ3) is 3.00. The van der Waals surface area contributed by atoms with Gasteiger partial charge < -0.3 is 5.73 Å². The minimum absolute atomic E-state index is 0.725. The van der Waals surface area contributed by atoms with Crippen LogP contribution >= 0.6 is 0 Å². The molecule has 14 heavy (non-hydrogen) atoms. The lowest BCUT2D eigenvalue weighted by Crippen LogP contribution is -2.01. The Morgan fingerprint density at radius 3 is 2.93 bits per heavy atom. The van der Waals surface area contributed by atoms with Gasteiger partial charge in [-0.15, -0.1) is 0 Å². The van der Waals surface area contributed by atoms with Gasteiger partial charge in [0, 0.05) is 18.7 Å². The van der Waals surface area contributed by atoms with Crippen molar-refractivity contribution in [1.82, 2.24) is 9.78 Å². The van der Waals surface area contributed by atoms with Gasteiger partial charge in [0.2, 0.25) is 0 Å². The molecule has 0 spiro atoms. The van der Waals surface area contributed by atoms with Gasteiger partial charge in [-0.25, -0.2) is 0 Å². The number of nitrogens with zero attached hydrogens (tertiary/aromatic N) is 2. The van der Waals surface area contributed by atoms with Crippen molar-refractivity contribution in [2.24, 2.45) is 5.73 Å². The topological polar surface area (TPSA) is 43.8 Å². The quantitative estimate of drug-likeness (QED) is 0.723. The summed E-state index contributed by atoms with van der Waals surface area (Å²) >= 11 is 0. The van der Waals surface area contributed by atoms with E-state index in [1.807, 2.05) is 11.6 Å². The smallest absolute Gasteiger partial charge is 0.0596 e. The van der Waals surface area contributed by atoms with Crippen LogP contribution in [0, 0.1) is 6.92 Å². The SMILES string of the molecule is CCn1nc(C)cc1CC=CCCN. The molecule has 0 aliphatic carbocycles. The van der Waals surface area contributed by atoms with Crippen molar-refractivity contribution in [3.8, 4) is 0 Å². The molecule has 0 saturated carbocycles. The van der Waals surface area contributed by atoms with E-state index in [0.717, 1.165) is 31.6 Å². The van der Waals surface area contributed by atoms with Crippen LogP contribution in [-0.4, -0.2) is 16.3 Å². The molecule has 0 saturated heterocycles. The molecule has 0 bridgehead atoms. The molecule has 0 unspecified atom stereocenters. The van der Waals surface area contributed by atoms with E-state index in [0.29, 0.717) is 0 Å². The zero-order valence-corrected chi connectivity index (χ0v) is 9.03. The van der Waals surface area contributed by atoms with Gasteiger partial charge in [-0.2, -0.15) is 5.10 Å². The van der Waals surface area contributed by atoms with Crippen LogP contribution in [0.5, 0.6) is 0 Å². The van der Waals surface area contributed by atoms with E-state index in [1.54, 1.807) is 0 Å². The minimum Gasteiger partial charge on any atom is -0.330 e. The highest BCUT2D eigenvalue weighted by Gasteiger charge is 2.00. The average molecular weight is 193 g/mol. The van der Waals surface area contributed by atoms with Crippen LogP contribution in [0.4, 0.5) is 0 Å². The molecule has 0 aliphatic heterocycles. The zero-order valence-electron chi connectivity index (χ0n) is 9.03. The Morgan fingerprint density at radius 1 is 1.50 bits per heavy atom. The van der Waals surface area contributed by atoms with Crippen molar-refractivity contribution < 1.29 is 0 Å². The first-order valence-corrected chi connectivity index (χ1v) is 5.16. The third-order valence-electron chi connectivity index (χ3n) is 2.11. The molecule has 1 heterocycles. The van der Waals surface area contributed by atoms with Crippen molar-refractivity contribution in [3.63, 3.8) is 0 Å². The minimum atomic E-state index is 0.725. The van der Waals surface area contributed by atoms with E-state index < -0.39 is 0 Å². The summed E-state index contributed by atoms with van der Waals surface area (Å²) in [6, 6.07) is 2.14. The summed E-state index contributed by atoms with van der Waals surface area (Å²) in [5, 5.41) is 4.39. The summed E-state index contributed by atoms with van der Waals surface area (Å²) < 4.78 is 2.04. The predicted molar refractivity (Wildman–Crippen MR) is 59.2 cm³/mol. The van der Waals surface area contributed by atoms with E-state index in [4.69, 9.17) is 5.73 Å². The van der Waals surface area contributed by atoms with Gasteiger partial charge in [0.1, 0.15) is 0 Å². The fourth-order valence-electron chi connectivity index (χ4n) is 1.46. The van der Waals surface area contributed by atoms with E-state index >= 15 is 0 Å². The Labute approximate surface area is 85.6 Å². The van der Waals surface area contributed by atoms with Crippen LogP contribution in [0.25, 0.3) is 0 Å². The summed E-state index contributed by atoms with van der Waals surface area (Å²) in [7, 11) is 0. The van der Waals surface area contributed by atoms with Crippen LogP contribution in [-0.2, 0) is 13.0 Å². The van der Waals surface area contributed by atoms with Crippen molar-refractivity contribution in [2.75, 3.05) is 6.54 Å². The number of rotatable bonds is 5. The molecule has 0 radical (unpaired) electrons. The molecular formula is C11H19N3. The number of hydrogen-bond donors (Lipinski definition) is 1. The molecule has 0 fully saturated rings. The largest absolute Gasteiger partial charge is 0.330 e. The lowest BCUT2D eigenvalue weighted by Gasteiger charge is -2.00. The molecule has 1 aromatic heterocycles. The number of aromatic nitrogens is 2. The van der Waals surface area contributed by atoms with Crippen LogP contribution in [0.3, 0.4) is 0 Å². The van der Waals surface area contributed by atoms with Gasteiger partial charge in [0.25, 0.3) is 0 Å². The van der Waals surface area contributed by atoms with Crippen LogP contribution in [0.1, 0.15) is 24.7 Å². The monoisotopic (exact) mass is 193 g/mol. The molecule has 3 nitrogen and oxygen atoms in total. The first-order chi connectivity index (χ1) is 6.77. The van der Waals surface area contributed by atoms with E-state index in [-0.39, 0.29) is 0 Å². The van der Waals surface area contributed by atoms with Gasteiger partial charge in [-0.1, -0.05) is 12.2 Å². The van der Waals surface area contributed by atoms with Crippen molar-refractivity contribution >= 4 is 0 Å². The summed E-state index contributed by atoms with van der Waals surface area (Å²) in [5.41, 5.74) is 7.77. The molecule has 3 heteroatoms. The summed E-state index contributed by atoms with van der Waals surface area (Å²) in [5.74, 6) is 0. The maximum Gasteiger partial charge on any atom is 0.0596 e. The van der Waals surface area contributed by atoms with Gasteiger partial charge in [-0.3, -0.25) is 4.68 Å². The van der Waals surface area contributed by atoms with Gasteiger partial charge >= 0.3 is 0 Å². The molecule has 0 aromatic carbocycles. The van der Waals surface area contributed by atoms with Crippen LogP contribution < -0.4 is 5.73 Å². The normalized spacial score (nSPS) is 11.4. The van der Waals surface area contributed by atoms with E-state index in [1.165, 1.54) is 5.69 Å². The third-order valence-corrected chi connectivity index (χ3v) is 2.11. The highest BCUT2D eigenvalue weighted by molar-refractivity contribution is 5.12. The van der Waals surface area contributed by atoms with Gasteiger partial charge in [0.05, 0.1) is 5.69 Å². The Morgan fingerprint density at radius 2 is 2.29 bits per heavy atom.